The molecule has 0 saturated heterocycles. The van der Waals surface area contributed by atoms with Crippen LogP contribution < -0.4 is 10.1 Å². The van der Waals surface area contributed by atoms with Crippen LogP contribution in [0.1, 0.15) is 5.56 Å². The van der Waals surface area contributed by atoms with Gasteiger partial charge < -0.3 is 10.1 Å². The molecule has 0 aliphatic rings. The third-order valence-corrected chi connectivity index (χ3v) is 2.04. The first-order chi connectivity index (χ1) is 8.48. The highest BCUT2D eigenvalue weighted by molar-refractivity contribution is 5.66. The molecule has 0 unspecified atom stereocenters. The third kappa shape index (κ3) is 4.14. The van der Waals surface area contributed by atoms with E-state index in [9.17, 15) is 13.2 Å². The number of alkyl halides is 3. The van der Waals surface area contributed by atoms with Crippen LogP contribution in [0, 0.1) is 11.3 Å². The van der Waals surface area contributed by atoms with Gasteiger partial charge in [0.25, 0.3) is 0 Å². The van der Waals surface area contributed by atoms with Crippen LogP contribution >= 0.6 is 0 Å². The fourth-order valence-electron chi connectivity index (χ4n) is 1.32. The number of halogens is 3. The number of benzene rings is 1. The van der Waals surface area contributed by atoms with Gasteiger partial charge in [-0.2, -0.15) is 5.26 Å². The first-order valence-corrected chi connectivity index (χ1v) is 4.99. The number of rotatable bonds is 5. The average molecular weight is 260 g/mol. The molecule has 0 saturated carbocycles. The molecular formula is C11H11F3N2O2. The van der Waals surface area contributed by atoms with Crippen LogP contribution in [-0.2, 0) is 4.74 Å². The highest BCUT2D eigenvalue weighted by Gasteiger charge is 2.28. The van der Waals surface area contributed by atoms with Gasteiger partial charge in [0.05, 0.1) is 25.0 Å². The lowest BCUT2D eigenvalue weighted by Crippen LogP contribution is -2.19. The van der Waals surface area contributed by atoms with Crippen LogP contribution in [-0.4, -0.2) is 26.6 Å². The zero-order valence-electron chi connectivity index (χ0n) is 9.54. The molecule has 1 N–H and O–H groups in total. The Balaban J connectivity index is 2.64. The van der Waals surface area contributed by atoms with Gasteiger partial charge in [-0.3, -0.25) is 4.74 Å². The molecule has 0 aliphatic carbocycles. The molecule has 0 aromatic heterocycles. The van der Waals surface area contributed by atoms with Crippen molar-refractivity contribution in [1.82, 2.24) is 0 Å². The number of nitriles is 1. The minimum atomic E-state index is -4.65. The van der Waals surface area contributed by atoms with Gasteiger partial charge >= 0.3 is 6.36 Å². The SMILES string of the molecule is COc1cccc(C#N)c1NCCOC(F)(F)F. The third-order valence-electron chi connectivity index (χ3n) is 2.04. The van der Waals surface area contributed by atoms with Crippen LogP contribution in [0.3, 0.4) is 0 Å². The second-order valence-electron chi connectivity index (χ2n) is 3.22. The monoisotopic (exact) mass is 260 g/mol. The number of para-hydroxylation sites is 1. The summed E-state index contributed by atoms with van der Waals surface area (Å²) in [6.45, 7) is -0.638. The van der Waals surface area contributed by atoms with Crippen molar-refractivity contribution in [2.24, 2.45) is 0 Å². The van der Waals surface area contributed by atoms with Gasteiger partial charge in [0, 0.05) is 6.54 Å². The van der Waals surface area contributed by atoms with E-state index in [1.54, 1.807) is 12.1 Å². The van der Waals surface area contributed by atoms with Crippen molar-refractivity contribution < 1.29 is 22.6 Å². The summed E-state index contributed by atoms with van der Waals surface area (Å²) in [6, 6.07) is 6.68. The van der Waals surface area contributed by atoms with Gasteiger partial charge in [-0.05, 0) is 12.1 Å². The normalized spacial score (nSPS) is 10.8. The maximum atomic E-state index is 11.7. The number of ether oxygens (including phenoxy) is 2. The average Bonchev–Trinajstić information content (AvgIpc) is 2.33. The Kier molecular flexibility index (Phi) is 4.80. The summed E-state index contributed by atoms with van der Waals surface area (Å²) in [5.74, 6) is 0.390. The zero-order valence-corrected chi connectivity index (χ0v) is 9.54. The lowest BCUT2D eigenvalue weighted by atomic mass is 10.2. The fourth-order valence-corrected chi connectivity index (χ4v) is 1.32. The second kappa shape index (κ2) is 6.12. The van der Waals surface area contributed by atoms with Crippen molar-refractivity contribution in [2.75, 3.05) is 25.6 Å². The fraction of sp³-hybridized carbons (Fsp3) is 0.364. The van der Waals surface area contributed by atoms with E-state index in [1.807, 2.05) is 6.07 Å². The van der Waals surface area contributed by atoms with Crippen LogP contribution in [0.15, 0.2) is 18.2 Å². The summed E-state index contributed by atoms with van der Waals surface area (Å²) >= 11 is 0. The molecule has 0 heterocycles. The Morgan fingerprint density at radius 1 is 1.39 bits per heavy atom. The molecule has 4 nitrogen and oxygen atoms in total. The van der Waals surface area contributed by atoms with E-state index in [4.69, 9.17) is 10.00 Å². The number of anilines is 1. The Bertz CT molecular complexity index is 441. The summed E-state index contributed by atoms with van der Waals surface area (Å²) in [5.41, 5.74) is 0.648. The maximum Gasteiger partial charge on any atom is 0.522 e. The molecular weight excluding hydrogens is 249 g/mol. The van der Waals surface area contributed by atoms with Crippen LogP contribution in [0.5, 0.6) is 5.75 Å². The first-order valence-electron chi connectivity index (χ1n) is 4.99. The van der Waals surface area contributed by atoms with E-state index in [0.717, 1.165) is 0 Å². The number of methoxy groups -OCH3 is 1. The number of nitrogens with zero attached hydrogens (tertiary/aromatic N) is 1. The van der Waals surface area contributed by atoms with E-state index >= 15 is 0 Å². The Labute approximate surface area is 102 Å². The number of hydrogen-bond donors (Lipinski definition) is 1. The molecule has 7 heteroatoms. The number of hydrogen-bond acceptors (Lipinski definition) is 4. The van der Waals surface area contributed by atoms with Gasteiger partial charge in [0.2, 0.25) is 0 Å². The molecule has 1 rings (SSSR count). The zero-order chi connectivity index (χ0) is 13.6. The highest BCUT2D eigenvalue weighted by Crippen LogP contribution is 2.27. The molecule has 0 bridgehead atoms. The molecule has 0 spiro atoms. The van der Waals surface area contributed by atoms with Gasteiger partial charge in [-0.15, -0.1) is 13.2 Å². The standard InChI is InChI=1S/C11H11F3N2O2/c1-17-9-4-2-3-8(7-15)10(9)16-5-6-18-11(12,13)14/h2-4,16H,5-6H2,1H3. The highest BCUT2D eigenvalue weighted by atomic mass is 19.4. The molecule has 0 radical (unpaired) electrons. The summed E-state index contributed by atoms with van der Waals surface area (Å²) in [4.78, 5) is 0. The topological polar surface area (TPSA) is 54.3 Å². The largest absolute Gasteiger partial charge is 0.522 e. The van der Waals surface area contributed by atoms with Gasteiger partial charge in [-0.25, -0.2) is 0 Å². The first kappa shape index (κ1) is 14.1. The Morgan fingerprint density at radius 2 is 2.11 bits per heavy atom. The maximum absolute atomic E-state index is 11.7. The van der Waals surface area contributed by atoms with Crippen LogP contribution in [0.2, 0.25) is 0 Å². The summed E-state index contributed by atoms with van der Waals surface area (Å²) in [5, 5.41) is 11.6. The molecule has 1 aromatic carbocycles. The van der Waals surface area contributed by atoms with Gasteiger partial charge in [0.1, 0.15) is 11.8 Å². The van der Waals surface area contributed by atoms with E-state index in [2.05, 4.69) is 10.1 Å². The molecule has 0 fully saturated rings. The summed E-state index contributed by atoms with van der Waals surface area (Å²) < 4.78 is 43.9. The molecule has 0 aliphatic heterocycles. The van der Waals surface area contributed by atoms with Gasteiger partial charge in [-0.1, -0.05) is 6.07 Å². The molecule has 18 heavy (non-hydrogen) atoms. The van der Waals surface area contributed by atoms with E-state index in [0.29, 0.717) is 17.0 Å². The summed E-state index contributed by atoms with van der Waals surface area (Å²) in [7, 11) is 1.41. The summed E-state index contributed by atoms with van der Waals surface area (Å²) in [6.07, 6.45) is -4.65. The van der Waals surface area contributed by atoms with Crippen LogP contribution in [0.25, 0.3) is 0 Å². The molecule has 1 aromatic rings. The number of nitrogens with one attached hydrogen (secondary N) is 1. The van der Waals surface area contributed by atoms with Crippen molar-refractivity contribution in [2.45, 2.75) is 6.36 Å². The predicted molar refractivity (Wildman–Crippen MR) is 58.2 cm³/mol. The quantitative estimate of drug-likeness (QED) is 0.826. The van der Waals surface area contributed by atoms with E-state index < -0.39 is 13.0 Å². The lowest BCUT2D eigenvalue weighted by molar-refractivity contribution is -0.322. The van der Waals surface area contributed by atoms with Crippen molar-refractivity contribution in [3.05, 3.63) is 23.8 Å². The predicted octanol–water partition coefficient (Wildman–Crippen LogP) is 2.52. The van der Waals surface area contributed by atoms with Crippen LogP contribution in [0.4, 0.5) is 18.9 Å². The van der Waals surface area contributed by atoms with Crippen molar-refractivity contribution >= 4 is 5.69 Å². The molecule has 0 atom stereocenters. The van der Waals surface area contributed by atoms with Gasteiger partial charge in [0.15, 0.2) is 0 Å². The Morgan fingerprint density at radius 3 is 2.67 bits per heavy atom. The Hall–Kier alpha value is -1.94. The molecule has 98 valence electrons. The minimum absolute atomic E-state index is 0.0887. The smallest absolute Gasteiger partial charge is 0.495 e. The second-order valence-corrected chi connectivity index (χ2v) is 3.22. The molecule has 0 amide bonds. The van der Waals surface area contributed by atoms with Crippen molar-refractivity contribution in [3.63, 3.8) is 0 Å². The van der Waals surface area contributed by atoms with E-state index in [1.165, 1.54) is 13.2 Å². The van der Waals surface area contributed by atoms with Crippen molar-refractivity contribution in [1.29, 1.82) is 5.26 Å². The van der Waals surface area contributed by atoms with Crippen molar-refractivity contribution in [3.8, 4) is 11.8 Å². The van der Waals surface area contributed by atoms with E-state index in [-0.39, 0.29) is 6.54 Å². The lowest BCUT2D eigenvalue weighted by Gasteiger charge is -2.13. The minimum Gasteiger partial charge on any atom is -0.495 e.